The largest absolute Gasteiger partial charge is 0.496 e. The van der Waals surface area contributed by atoms with Gasteiger partial charge in [0.1, 0.15) is 17.4 Å². The minimum absolute atomic E-state index is 0.0599. The summed E-state index contributed by atoms with van der Waals surface area (Å²) in [6.45, 7) is 0.404. The molecular formula is C20H18F2N4O2. The van der Waals surface area contributed by atoms with Crippen molar-refractivity contribution in [2.75, 3.05) is 19.0 Å². The van der Waals surface area contributed by atoms with E-state index in [-0.39, 0.29) is 23.1 Å². The van der Waals surface area contributed by atoms with Crippen LogP contribution >= 0.6 is 0 Å². The summed E-state index contributed by atoms with van der Waals surface area (Å²) < 4.78 is 31.9. The third kappa shape index (κ3) is 4.79. The second-order valence-electron chi connectivity index (χ2n) is 5.87. The van der Waals surface area contributed by atoms with Gasteiger partial charge in [0.05, 0.1) is 12.8 Å². The van der Waals surface area contributed by atoms with Gasteiger partial charge in [0, 0.05) is 12.6 Å². The number of carbonyl (C=O) groups excluding carboxylic acids is 1. The number of para-hydroxylation sites is 1. The highest BCUT2D eigenvalue weighted by Gasteiger charge is 2.10. The van der Waals surface area contributed by atoms with E-state index in [0.717, 1.165) is 23.4 Å². The number of halogens is 2. The average molecular weight is 384 g/mol. The molecule has 0 aliphatic rings. The van der Waals surface area contributed by atoms with Gasteiger partial charge < -0.3 is 15.4 Å². The van der Waals surface area contributed by atoms with Crippen molar-refractivity contribution < 1.29 is 18.3 Å². The molecule has 0 fully saturated rings. The van der Waals surface area contributed by atoms with Crippen molar-refractivity contribution >= 4 is 17.4 Å². The van der Waals surface area contributed by atoms with E-state index in [1.165, 1.54) is 18.2 Å². The van der Waals surface area contributed by atoms with Crippen LogP contribution in [0.3, 0.4) is 0 Å². The lowest BCUT2D eigenvalue weighted by molar-refractivity contribution is 0.0948. The highest BCUT2D eigenvalue weighted by molar-refractivity contribution is 5.92. The highest BCUT2D eigenvalue weighted by atomic mass is 19.1. The summed E-state index contributed by atoms with van der Waals surface area (Å²) in [4.78, 5) is 12.2. The number of carbonyl (C=O) groups is 1. The number of methoxy groups -OCH3 is 1. The second-order valence-corrected chi connectivity index (χ2v) is 5.87. The van der Waals surface area contributed by atoms with Crippen LogP contribution in [0.15, 0.2) is 54.6 Å². The number of anilines is 2. The van der Waals surface area contributed by atoms with Crippen LogP contribution in [0.2, 0.25) is 0 Å². The number of amides is 1. The molecule has 0 spiro atoms. The van der Waals surface area contributed by atoms with E-state index in [4.69, 9.17) is 4.74 Å². The van der Waals surface area contributed by atoms with E-state index in [9.17, 15) is 13.6 Å². The molecule has 1 heterocycles. The Hall–Kier alpha value is -3.55. The maximum absolute atomic E-state index is 13.7. The Balaban J connectivity index is 1.56. The zero-order valence-corrected chi connectivity index (χ0v) is 15.1. The number of aromatic nitrogens is 2. The molecule has 3 aromatic rings. The molecule has 1 amide bonds. The van der Waals surface area contributed by atoms with Crippen LogP contribution in [0.4, 0.5) is 20.3 Å². The van der Waals surface area contributed by atoms with Crippen LogP contribution in [0, 0.1) is 11.6 Å². The summed E-state index contributed by atoms with van der Waals surface area (Å²) in [6.07, 6.45) is 0.604. The first-order chi connectivity index (χ1) is 13.6. The monoisotopic (exact) mass is 384 g/mol. The summed E-state index contributed by atoms with van der Waals surface area (Å²) in [7, 11) is 1.60. The third-order valence-electron chi connectivity index (χ3n) is 3.96. The van der Waals surface area contributed by atoms with Crippen molar-refractivity contribution in [3.8, 4) is 5.75 Å². The first-order valence-corrected chi connectivity index (χ1v) is 8.52. The second kappa shape index (κ2) is 8.90. The van der Waals surface area contributed by atoms with Gasteiger partial charge in [-0.3, -0.25) is 4.79 Å². The molecule has 0 unspecified atom stereocenters. The number of hydrogen-bond acceptors (Lipinski definition) is 5. The van der Waals surface area contributed by atoms with Crippen LogP contribution in [0.5, 0.6) is 5.75 Å². The molecule has 0 bridgehead atoms. The molecule has 8 heteroatoms. The molecule has 2 N–H and O–H groups in total. The molecule has 28 heavy (non-hydrogen) atoms. The van der Waals surface area contributed by atoms with Crippen molar-refractivity contribution in [3.05, 3.63) is 77.5 Å². The number of benzene rings is 2. The van der Waals surface area contributed by atoms with Gasteiger partial charge in [-0.2, -0.15) is 0 Å². The first kappa shape index (κ1) is 19.2. The van der Waals surface area contributed by atoms with Gasteiger partial charge in [0.25, 0.3) is 5.91 Å². The highest BCUT2D eigenvalue weighted by Crippen LogP contribution is 2.19. The fraction of sp³-hybridized carbons (Fsp3) is 0.150. The van der Waals surface area contributed by atoms with Crippen LogP contribution in [0.25, 0.3) is 0 Å². The quantitative estimate of drug-likeness (QED) is 0.652. The van der Waals surface area contributed by atoms with Gasteiger partial charge in [-0.15, -0.1) is 10.2 Å². The van der Waals surface area contributed by atoms with E-state index in [2.05, 4.69) is 20.8 Å². The number of ether oxygens (including phenoxy) is 1. The molecule has 6 nitrogen and oxygen atoms in total. The van der Waals surface area contributed by atoms with Gasteiger partial charge in [-0.25, -0.2) is 8.78 Å². The molecule has 0 aliphatic carbocycles. The van der Waals surface area contributed by atoms with Crippen molar-refractivity contribution in [2.24, 2.45) is 0 Å². The minimum Gasteiger partial charge on any atom is -0.496 e. The molecule has 144 valence electrons. The Labute approximate surface area is 160 Å². The lowest BCUT2D eigenvalue weighted by atomic mass is 10.1. The maximum Gasteiger partial charge on any atom is 0.271 e. The zero-order valence-electron chi connectivity index (χ0n) is 15.1. The Bertz CT molecular complexity index is 965. The molecule has 0 saturated heterocycles. The zero-order chi connectivity index (χ0) is 19.9. The van der Waals surface area contributed by atoms with Crippen molar-refractivity contribution in [3.63, 3.8) is 0 Å². The SMILES string of the molecule is COc1ccccc1CCNC(=O)c1ccc(Nc2ccc(F)cc2F)nn1. The molecule has 1 aromatic heterocycles. The molecule has 0 radical (unpaired) electrons. The lowest BCUT2D eigenvalue weighted by Gasteiger charge is -2.09. The minimum atomic E-state index is -0.750. The summed E-state index contributed by atoms with van der Waals surface area (Å²) in [6, 6.07) is 13.7. The van der Waals surface area contributed by atoms with Gasteiger partial charge >= 0.3 is 0 Å². The van der Waals surface area contributed by atoms with E-state index >= 15 is 0 Å². The van der Waals surface area contributed by atoms with Crippen molar-refractivity contribution in [1.82, 2.24) is 15.5 Å². The summed E-state index contributed by atoms with van der Waals surface area (Å²) >= 11 is 0. The van der Waals surface area contributed by atoms with E-state index in [1.807, 2.05) is 24.3 Å². The molecule has 0 aliphatic heterocycles. The standard InChI is InChI=1S/C20H18F2N4O2/c1-28-18-5-3-2-4-13(18)10-11-23-20(27)17-8-9-19(26-25-17)24-16-7-6-14(21)12-15(16)22/h2-9,12H,10-11H2,1H3,(H,23,27)(H,24,26). The third-order valence-corrected chi connectivity index (χ3v) is 3.96. The fourth-order valence-corrected chi connectivity index (χ4v) is 2.56. The summed E-state index contributed by atoms with van der Waals surface area (Å²) in [5, 5.41) is 13.1. The molecule has 3 rings (SSSR count). The fourth-order valence-electron chi connectivity index (χ4n) is 2.56. The summed E-state index contributed by atoms with van der Waals surface area (Å²) in [5.41, 5.74) is 1.17. The molecule has 2 aromatic carbocycles. The van der Waals surface area contributed by atoms with Crippen LogP contribution < -0.4 is 15.4 Å². The maximum atomic E-state index is 13.7. The lowest BCUT2D eigenvalue weighted by Crippen LogP contribution is -2.26. The van der Waals surface area contributed by atoms with Gasteiger partial charge in [0.15, 0.2) is 11.5 Å². The first-order valence-electron chi connectivity index (χ1n) is 8.52. The normalized spacial score (nSPS) is 10.4. The Morgan fingerprint density at radius 3 is 2.61 bits per heavy atom. The van der Waals surface area contributed by atoms with E-state index in [0.29, 0.717) is 13.0 Å². The topological polar surface area (TPSA) is 76.1 Å². The Kier molecular flexibility index (Phi) is 6.11. The Morgan fingerprint density at radius 1 is 1.07 bits per heavy atom. The summed E-state index contributed by atoms with van der Waals surface area (Å²) in [5.74, 6) is -0.799. The van der Waals surface area contributed by atoms with Crippen molar-refractivity contribution in [2.45, 2.75) is 6.42 Å². The van der Waals surface area contributed by atoms with Gasteiger partial charge in [-0.1, -0.05) is 18.2 Å². The van der Waals surface area contributed by atoms with E-state index in [1.54, 1.807) is 7.11 Å². The molecule has 0 saturated carbocycles. The number of hydrogen-bond donors (Lipinski definition) is 2. The van der Waals surface area contributed by atoms with Gasteiger partial charge in [-0.05, 0) is 42.3 Å². The number of rotatable bonds is 7. The predicted molar refractivity (Wildman–Crippen MR) is 101 cm³/mol. The van der Waals surface area contributed by atoms with Crippen LogP contribution in [0.1, 0.15) is 16.1 Å². The molecular weight excluding hydrogens is 366 g/mol. The van der Waals surface area contributed by atoms with Crippen LogP contribution in [-0.2, 0) is 6.42 Å². The average Bonchev–Trinajstić information content (AvgIpc) is 2.71. The van der Waals surface area contributed by atoms with E-state index < -0.39 is 11.6 Å². The predicted octanol–water partition coefficient (Wildman–Crippen LogP) is 3.48. The smallest absolute Gasteiger partial charge is 0.271 e. The number of nitrogens with one attached hydrogen (secondary N) is 2. The van der Waals surface area contributed by atoms with Crippen molar-refractivity contribution in [1.29, 1.82) is 0 Å². The Morgan fingerprint density at radius 2 is 1.89 bits per heavy atom. The molecule has 0 atom stereocenters. The van der Waals surface area contributed by atoms with Crippen LogP contribution in [-0.4, -0.2) is 29.8 Å². The number of nitrogens with zero attached hydrogens (tertiary/aromatic N) is 2. The van der Waals surface area contributed by atoms with Gasteiger partial charge in [0.2, 0.25) is 0 Å².